The summed E-state index contributed by atoms with van der Waals surface area (Å²) < 4.78 is 13.5. The van der Waals surface area contributed by atoms with Crippen LogP contribution in [0, 0.1) is 5.92 Å². The molecule has 0 N–H and O–H groups in total. The van der Waals surface area contributed by atoms with Gasteiger partial charge in [-0.25, -0.2) is 4.98 Å². The Hall–Kier alpha value is -2.66. The molecule has 1 amide bonds. The molecule has 1 saturated heterocycles. The van der Waals surface area contributed by atoms with Gasteiger partial charge in [0.2, 0.25) is 0 Å². The lowest BCUT2D eigenvalue weighted by atomic mass is 9.99. The number of hydrogen-bond donors (Lipinski definition) is 0. The molecule has 5 heteroatoms. The van der Waals surface area contributed by atoms with Crippen molar-refractivity contribution in [2.75, 3.05) is 13.1 Å². The third kappa shape index (κ3) is 4.20. The van der Waals surface area contributed by atoms with E-state index in [0.29, 0.717) is 17.3 Å². The average Bonchev–Trinajstić information content (AvgIpc) is 2.73. The van der Waals surface area contributed by atoms with Gasteiger partial charge >= 0.3 is 0 Å². The van der Waals surface area contributed by atoms with Crippen LogP contribution in [0.3, 0.4) is 0 Å². The van der Waals surface area contributed by atoms with Crippen molar-refractivity contribution in [2.24, 2.45) is 5.92 Å². The number of hydrogen-bond acceptors (Lipinski definition) is 3. The summed E-state index contributed by atoms with van der Waals surface area (Å²) in [7, 11) is -2.60. The van der Waals surface area contributed by atoms with Gasteiger partial charge in [0.05, 0.1) is 11.4 Å². The van der Waals surface area contributed by atoms with Gasteiger partial charge in [0.15, 0.2) is 0 Å². The van der Waals surface area contributed by atoms with Crippen molar-refractivity contribution in [1.82, 2.24) is 9.88 Å². The fourth-order valence-electron chi connectivity index (χ4n) is 3.89. The minimum atomic E-state index is -2.60. The Bertz CT molecular complexity index is 1140. The molecule has 0 spiro atoms. The molecule has 1 aliphatic heterocycles. The maximum absolute atomic E-state index is 13.5. The van der Waals surface area contributed by atoms with Crippen LogP contribution in [0.4, 0.5) is 0 Å². The highest BCUT2D eigenvalue weighted by Gasteiger charge is 2.23. The molecule has 2 aromatic carbocycles. The zero-order chi connectivity index (χ0) is 20.4. The quantitative estimate of drug-likeness (QED) is 0.604. The lowest BCUT2D eigenvalue weighted by Crippen LogP contribution is -2.38. The summed E-state index contributed by atoms with van der Waals surface area (Å²) in [6, 6.07) is 19.1. The molecule has 1 fully saturated rings. The van der Waals surface area contributed by atoms with Gasteiger partial charge in [0.25, 0.3) is 5.91 Å². The van der Waals surface area contributed by atoms with Crippen molar-refractivity contribution < 1.29 is 9.00 Å². The van der Waals surface area contributed by atoms with Gasteiger partial charge < -0.3 is 4.90 Å². The summed E-state index contributed by atoms with van der Waals surface area (Å²) in [5.41, 5.74) is 1.05. The van der Waals surface area contributed by atoms with Gasteiger partial charge in [-0.15, -0.1) is 0 Å². The van der Waals surface area contributed by atoms with Crippen LogP contribution in [0.1, 0.15) is 35.9 Å². The number of piperidine rings is 1. The predicted octanol–water partition coefficient (Wildman–Crippen LogP) is 4.38. The number of nitrogens with zero attached hydrogens (tertiary/aromatic N) is 2. The summed E-state index contributed by atoms with van der Waals surface area (Å²) in [5, 5.41) is 1.99. The monoisotopic (exact) mass is 406 g/mol. The van der Waals surface area contributed by atoms with Crippen LogP contribution in [0.15, 0.2) is 65.6 Å². The highest BCUT2D eigenvalue weighted by atomic mass is 32.2. The van der Waals surface area contributed by atoms with Gasteiger partial charge in [0, 0.05) is 27.5 Å². The average molecular weight is 407 g/mol. The van der Waals surface area contributed by atoms with Gasteiger partial charge in [-0.05, 0) is 53.6 Å². The lowest BCUT2D eigenvalue weighted by molar-refractivity contribution is 0.0691. The molecule has 4 nitrogen and oxygen atoms in total. The van der Waals surface area contributed by atoms with E-state index in [1.54, 1.807) is 6.07 Å². The first kappa shape index (κ1) is 19.6. The lowest BCUT2D eigenvalue weighted by Gasteiger charge is -2.30. The molecular formula is C24H26N2O2S. The normalized spacial score (nSPS) is 17.2. The van der Waals surface area contributed by atoms with Crippen molar-refractivity contribution >= 4 is 32.1 Å². The molecule has 3 aromatic rings. The number of amides is 1. The molecule has 4 rings (SSSR count). The van der Waals surface area contributed by atoms with Crippen molar-refractivity contribution in [3.63, 3.8) is 0 Å². The third-order valence-corrected chi connectivity index (χ3v) is 7.55. The van der Waals surface area contributed by atoms with Crippen LogP contribution < -0.4 is 0 Å². The predicted molar refractivity (Wildman–Crippen MR) is 120 cm³/mol. The highest BCUT2D eigenvalue weighted by Crippen LogP contribution is 2.26. The fourth-order valence-corrected chi connectivity index (χ4v) is 5.60. The largest absolute Gasteiger partial charge is 0.337 e. The smallest absolute Gasteiger partial charge is 0.272 e. The minimum Gasteiger partial charge on any atom is -0.337 e. The van der Waals surface area contributed by atoms with E-state index in [1.165, 1.54) is 0 Å². The van der Waals surface area contributed by atoms with E-state index >= 15 is 0 Å². The second kappa shape index (κ2) is 7.99. The highest BCUT2D eigenvalue weighted by molar-refractivity contribution is 7.99. The summed E-state index contributed by atoms with van der Waals surface area (Å²) in [6.45, 7) is 3.76. The Kier molecular flexibility index (Phi) is 5.41. The van der Waals surface area contributed by atoms with E-state index in [2.05, 4.69) is 17.8 Å². The second-order valence-electron chi connectivity index (χ2n) is 7.92. The van der Waals surface area contributed by atoms with E-state index in [-0.39, 0.29) is 11.7 Å². The summed E-state index contributed by atoms with van der Waals surface area (Å²) >= 11 is 0. The maximum atomic E-state index is 13.5. The van der Waals surface area contributed by atoms with Gasteiger partial charge in [-0.3, -0.25) is 9.00 Å². The Morgan fingerprint density at radius 3 is 2.55 bits per heavy atom. The molecule has 2 heterocycles. The van der Waals surface area contributed by atoms with Gasteiger partial charge in [0.1, 0.15) is 5.69 Å². The van der Waals surface area contributed by atoms with Crippen molar-refractivity contribution in [1.29, 1.82) is 0 Å². The molecule has 1 aliphatic rings. The van der Waals surface area contributed by atoms with Gasteiger partial charge in [-0.2, -0.15) is 0 Å². The molecule has 1 aromatic heterocycles. The molecule has 0 bridgehead atoms. The number of aromatic nitrogens is 1. The molecule has 0 radical (unpaired) electrons. The van der Waals surface area contributed by atoms with Crippen LogP contribution >= 0.6 is 0 Å². The summed E-state index contributed by atoms with van der Waals surface area (Å²) in [5.74, 6) is 4.88. The van der Waals surface area contributed by atoms with E-state index in [1.807, 2.05) is 59.5 Å². The van der Waals surface area contributed by atoms with Crippen molar-refractivity contribution in [3.05, 3.63) is 72.1 Å². The first-order valence-electron chi connectivity index (χ1n) is 10.0. The molecule has 0 aliphatic carbocycles. The molecule has 150 valence electrons. The Morgan fingerprint density at radius 1 is 1.07 bits per heavy atom. The number of likely N-dealkylation sites (tertiary alicyclic amines) is 1. The maximum Gasteiger partial charge on any atom is 0.272 e. The topological polar surface area (TPSA) is 50.3 Å². The van der Waals surface area contributed by atoms with Crippen LogP contribution in [0.5, 0.6) is 0 Å². The number of carbonyl (C=O) groups excluding carboxylic acids is 1. The fraction of sp³-hybridized carbons (Fsp3) is 0.292. The molecule has 29 heavy (non-hydrogen) atoms. The van der Waals surface area contributed by atoms with Crippen molar-refractivity contribution in [2.45, 2.75) is 30.4 Å². The second-order valence-corrected chi connectivity index (χ2v) is 10.3. The third-order valence-electron chi connectivity index (χ3n) is 5.63. The first-order chi connectivity index (χ1) is 13.9. The Balaban J connectivity index is 1.59. The number of fused-ring (bicyclic) bond motifs is 1. The van der Waals surface area contributed by atoms with Crippen LogP contribution in [-0.2, 0) is 15.3 Å². The Labute approximate surface area is 172 Å². The molecular weight excluding hydrogens is 380 g/mol. The first-order valence-corrected chi connectivity index (χ1v) is 11.9. The number of pyridine rings is 1. The standard InChI is InChI=1S/C24H26N2O2S/c1-18-13-15-26(16-14-18)24(27)22-11-6-9-20(25-22)17-29(2,28)23-12-5-8-19-7-3-4-10-21(19)23/h3-12,18H,2,13-17H2,1H3. The van der Waals surface area contributed by atoms with Gasteiger partial charge in [-0.1, -0.05) is 49.4 Å². The van der Waals surface area contributed by atoms with Crippen LogP contribution in [-0.4, -0.2) is 39.0 Å². The molecule has 0 saturated carbocycles. The van der Waals surface area contributed by atoms with E-state index < -0.39 is 9.52 Å². The van der Waals surface area contributed by atoms with E-state index in [0.717, 1.165) is 41.6 Å². The minimum absolute atomic E-state index is 0.0422. The zero-order valence-electron chi connectivity index (χ0n) is 16.7. The SMILES string of the molecule is C=S(=O)(Cc1cccc(C(=O)N2CCC(C)CC2)n1)c1cccc2ccccc12. The number of benzene rings is 2. The van der Waals surface area contributed by atoms with Crippen molar-refractivity contribution in [3.8, 4) is 0 Å². The molecule has 1 atom stereocenters. The summed E-state index contributed by atoms with van der Waals surface area (Å²) in [6.07, 6.45) is 2.05. The van der Waals surface area contributed by atoms with Crippen LogP contribution in [0.25, 0.3) is 10.8 Å². The van der Waals surface area contributed by atoms with Crippen LogP contribution in [0.2, 0.25) is 0 Å². The zero-order valence-corrected chi connectivity index (χ0v) is 17.5. The number of carbonyl (C=O) groups is 1. The summed E-state index contributed by atoms with van der Waals surface area (Å²) in [4.78, 5) is 20.0. The van der Waals surface area contributed by atoms with E-state index in [4.69, 9.17) is 0 Å². The molecule has 1 unspecified atom stereocenters. The Morgan fingerprint density at radius 2 is 1.76 bits per heavy atom. The van der Waals surface area contributed by atoms with E-state index in [9.17, 15) is 9.00 Å². The number of rotatable bonds is 4.